The van der Waals surface area contributed by atoms with Crippen molar-refractivity contribution in [2.45, 2.75) is 25.9 Å². The van der Waals surface area contributed by atoms with Crippen LogP contribution in [-0.4, -0.2) is 29.0 Å². The molecule has 66 valence electrons. The van der Waals surface area contributed by atoms with Crippen molar-refractivity contribution >= 4 is 21.8 Å². The van der Waals surface area contributed by atoms with Crippen LogP contribution in [0.1, 0.15) is 19.8 Å². The Bertz CT molecular complexity index is 119. The average Bonchev–Trinajstić information content (AvgIpc) is 2.04. The van der Waals surface area contributed by atoms with E-state index in [1.54, 1.807) is 0 Å². The van der Waals surface area contributed by atoms with Crippen LogP contribution in [0.5, 0.6) is 0 Å². The molecule has 0 radical (unpaired) electrons. The first-order chi connectivity index (χ1) is 5.20. The second-order valence-electron chi connectivity index (χ2n) is 2.33. The third-order valence-corrected chi connectivity index (χ3v) is 1.90. The maximum atomic E-state index is 10.6. The zero-order valence-electron chi connectivity index (χ0n) is 6.64. The van der Waals surface area contributed by atoms with Crippen molar-refractivity contribution in [2.24, 2.45) is 0 Å². The van der Waals surface area contributed by atoms with Crippen LogP contribution in [0, 0.1) is 0 Å². The zero-order valence-corrected chi connectivity index (χ0v) is 8.23. The number of alkyl halides is 1. The molecular formula is C7H14BrNO2. The van der Waals surface area contributed by atoms with Gasteiger partial charge >= 0.3 is 0 Å². The van der Waals surface area contributed by atoms with Gasteiger partial charge < -0.3 is 10.4 Å². The van der Waals surface area contributed by atoms with Gasteiger partial charge in [0.2, 0.25) is 5.91 Å². The number of rotatable bonds is 5. The number of hydrogen-bond donors (Lipinski definition) is 2. The lowest BCUT2D eigenvalue weighted by molar-refractivity contribution is -0.118. The Labute approximate surface area is 75.3 Å². The van der Waals surface area contributed by atoms with Crippen LogP contribution in [0.4, 0.5) is 0 Å². The molecule has 11 heavy (non-hydrogen) atoms. The van der Waals surface area contributed by atoms with Crippen LogP contribution in [-0.2, 0) is 4.79 Å². The summed E-state index contributed by atoms with van der Waals surface area (Å²) in [6.07, 6.45) is 1.09. The van der Waals surface area contributed by atoms with Gasteiger partial charge in [-0.15, -0.1) is 0 Å². The van der Waals surface area contributed by atoms with Gasteiger partial charge in [0.25, 0.3) is 0 Å². The first kappa shape index (κ1) is 10.9. The van der Waals surface area contributed by atoms with Gasteiger partial charge in [0, 0.05) is 6.54 Å². The normalized spacial score (nSPS) is 12.6. The fourth-order valence-corrected chi connectivity index (χ4v) is 0.828. The molecule has 1 atom stereocenters. The van der Waals surface area contributed by atoms with Gasteiger partial charge in [0.05, 0.1) is 11.4 Å². The molecule has 0 aliphatic heterocycles. The molecule has 0 aromatic carbocycles. The topological polar surface area (TPSA) is 49.3 Å². The van der Waals surface area contributed by atoms with E-state index >= 15 is 0 Å². The molecule has 0 rings (SSSR count). The number of nitrogens with one attached hydrogen (secondary N) is 1. The highest BCUT2D eigenvalue weighted by molar-refractivity contribution is 9.09. The molecule has 0 aliphatic carbocycles. The molecule has 1 unspecified atom stereocenters. The lowest BCUT2D eigenvalue weighted by Gasteiger charge is -2.07. The minimum Gasteiger partial charge on any atom is -0.393 e. The molecule has 0 aromatic heterocycles. The highest BCUT2D eigenvalue weighted by atomic mass is 79.9. The highest BCUT2D eigenvalue weighted by Gasteiger charge is 2.01. The molecule has 0 saturated carbocycles. The second kappa shape index (κ2) is 6.61. The summed E-state index contributed by atoms with van der Waals surface area (Å²) >= 11 is 3.02. The van der Waals surface area contributed by atoms with Gasteiger partial charge in [0.1, 0.15) is 0 Å². The summed E-state index contributed by atoms with van der Waals surface area (Å²) in [5.41, 5.74) is 0. The molecule has 0 aromatic rings. The van der Waals surface area contributed by atoms with Crippen molar-refractivity contribution in [3.8, 4) is 0 Å². The standard InChI is InChI=1S/C7H14BrNO2/c1-2-6(10)3-4-9-7(11)5-8/h6,10H,2-5H2,1H3,(H,9,11). The SMILES string of the molecule is CCC(O)CCNC(=O)CBr. The average molecular weight is 224 g/mol. The largest absolute Gasteiger partial charge is 0.393 e. The lowest BCUT2D eigenvalue weighted by atomic mass is 10.2. The number of aliphatic hydroxyl groups excluding tert-OH is 1. The summed E-state index contributed by atoms with van der Waals surface area (Å²) in [7, 11) is 0. The van der Waals surface area contributed by atoms with Crippen molar-refractivity contribution in [3.05, 3.63) is 0 Å². The van der Waals surface area contributed by atoms with Gasteiger partial charge in [-0.05, 0) is 12.8 Å². The van der Waals surface area contributed by atoms with Crippen LogP contribution in [0.3, 0.4) is 0 Å². The van der Waals surface area contributed by atoms with Crippen molar-refractivity contribution in [2.75, 3.05) is 11.9 Å². The van der Waals surface area contributed by atoms with Crippen molar-refractivity contribution < 1.29 is 9.90 Å². The lowest BCUT2D eigenvalue weighted by Crippen LogP contribution is -2.27. The summed E-state index contributed by atoms with van der Waals surface area (Å²) in [5, 5.41) is 12.1. The van der Waals surface area contributed by atoms with Crippen LogP contribution >= 0.6 is 15.9 Å². The predicted molar refractivity (Wildman–Crippen MR) is 47.7 cm³/mol. The Morgan fingerprint density at radius 1 is 1.73 bits per heavy atom. The maximum absolute atomic E-state index is 10.6. The summed E-state index contributed by atoms with van der Waals surface area (Å²) in [4.78, 5) is 10.6. The maximum Gasteiger partial charge on any atom is 0.230 e. The van der Waals surface area contributed by atoms with Crippen LogP contribution in [0.25, 0.3) is 0 Å². The Morgan fingerprint density at radius 3 is 2.82 bits per heavy atom. The molecule has 2 N–H and O–H groups in total. The van der Waals surface area contributed by atoms with E-state index in [0.717, 1.165) is 6.42 Å². The first-order valence-corrected chi connectivity index (χ1v) is 4.83. The first-order valence-electron chi connectivity index (χ1n) is 3.71. The molecule has 0 bridgehead atoms. The molecule has 1 amide bonds. The molecule has 0 fully saturated rings. The zero-order chi connectivity index (χ0) is 8.69. The molecule has 0 aliphatic rings. The van der Waals surface area contributed by atoms with Gasteiger partial charge in [-0.3, -0.25) is 4.79 Å². The van der Waals surface area contributed by atoms with Gasteiger partial charge in [-0.2, -0.15) is 0 Å². The summed E-state index contributed by atoms with van der Waals surface area (Å²) < 4.78 is 0. The molecule has 0 heterocycles. The monoisotopic (exact) mass is 223 g/mol. The van der Waals surface area contributed by atoms with Gasteiger partial charge in [-0.25, -0.2) is 0 Å². The Hall–Kier alpha value is -0.0900. The Balaban J connectivity index is 3.20. The second-order valence-corrected chi connectivity index (χ2v) is 2.90. The van der Waals surface area contributed by atoms with E-state index in [-0.39, 0.29) is 12.0 Å². The summed E-state index contributed by atoms with van der Waals surface area (Å²) in [6, 6.07) is 0. The fourth-order valence-electron chi connectivity index (χ4n) is 0.630. The van der Waals surface area contributed by atoms with E-state index in [0.29, 0.717) is 18.3 Å². The summed E-state index contributed by atoms with van der Waals surface area (Å²) in [5.74, 6) is -0.0340. The molecular weight excluding hydrogens is 210 g/mol. The smallest absolute Gasteiger partial charge is 0.230 e. The van der Waals surface area contributed by atoms with Gasteiger partial charge in [-0.1, -0.05) is 22.9 Å². The fraction of sp³-hybridized carbons (Fsp3) is 0.857. The molecule has 0 saturated heterocycles. The van der Waals surface area contributed by atoms with Crippen LogP contribution in [0.2, 0.25) is 0 Å². The van der Waals surface area contributed by atoms with Crippen molar-refractivity contribution in [1.29, 1.82) is 0 Å². The number of carbonyl (C=O) groups is 1. The predicted octanol–water partition coefficient (Wildman–Crippen LogP) is 0.659. The van der Waals surface area contributed by atoms with E-state index in [1.165, 1.54) is 0 Å². The number of carbonyl (C=O) groups excluding carboxylic acids is 1. The Kier molecular flexibility index (Phi) is 6.56. The van der Waals surface area contributed by atoms with E-state index < -0.39 is 0 Å². The quantitative estimate of drug-likeness (QED) is 0.674. The number of halogens is 1. The third-order valence-electron chi connectivity index (χ3n) is 1.39. The number of amides is 1. The third kappa shape index (κ3) is 6.31. The number of aliphatic hydroxyl groups is 1. The van der Waals surface area contributed by atoms with Crippen molar-refractivity contribution in [3.63, 3.8) is 0 Å². The minimum atomic E-state index is -0.286. The Morgan fingerprint density at radius 2 is 2.36 bits per heavy atom. The molecule has 0 spiro atoms. The van der Waals surface area contributed by atoms with E-state index in [9.17, 15) is 4.79 Å². The highest BCUT2D eigenvalue weighted by Crippen LogP contribution is 1.94. The van der Waals surface area contributed by atoms with Crippen LogP contribution in [0.15, 0.2) is 0 Å². The minimum absolute atomic E-state index is 0.0340. The van der Waals surface area contributed by atoms with Gasteiger partial charge in [0.15, 0.2) is 0 Å². The van der Waals surface area contributed by atoms with E-state index in [1.807, 2.05) is 6.92 Å². The van der Waals surface area contributed by atoms with Crippen LogP contribution < -0.4 is 5.32 Å². The van der Waals surface area contributed by atoms with E-state index in [4.69, 9.17) is 5.11 Å². The molecule has 4 heteroatoms. The van der Waals surface area contributed by atoms with Crippen molar-refractivity contribution in [1.82, 2.24) is 5.32 Å². The summed E-state index contributed by atoms with van der Waals surface area (Å²) in [6.45, 7) is 2.47. The molecule has 3 nitrogen and oxygen atoms in total. The van der Waals surface area contributed by atoms with E-state index in [2.05, 4.69) is 21.2 Å². The number of hydrogen-bond acceptors (Lipinski definition) is 2.